The Hall–Kier alpha value is -1.78. The highest BCUT2D eigenvalue weighted by molar-refractivity contribution is 5.78. The van der Waals surface area contributed by atoms with Crippen molar-refractivity contribution in [1.29, 1.82) is 0 Å². The monoisotopic (exact) mass is 220 g/mol. The second kappa shape index (κ2) is 4.00. The first-order valence-corrected chi connectivity index (χ1v) is 5.34. The van der Waals surface area contributed by atoms with Crippen molar-refractivity contribution in [3.8, 4) is 0 Å². The minimum atomic E-state index is -0.227. The van der Waals surface area contributed by atoms with Gasteiger partial charge in [0.15, 0.2) is 0 Å². The zero-order valence-corrected chi connectivity index (χ0v) is 9.31. The first-order chi connectivity index (χ1) is 7.58. The van der Waals surface area contributed by atoms with E-state index in [0.717, 1.165) is 24.3 Å². The van der Waals surface area contributed by atoms with Crippen LogP contribution in [0.1, 0.15) is 12.0 Å². The van der Waals surface area contributed by atoms with Crippen LogP contribution in [0.25, 0.3) is 0 Å². The number of pyridine rings is 1. The molecule has 0 aromatic carbocycles. The Balaban J connectivity index is 2.14. The van der Waals surface area contributed by atoms with Crippen LogP contribution >= 0.6 is 0 Å². The van der Waals surface area contributed by atoms with Gasteiger partial charge in [-0.2, -0.15) is 0 Å². The van der Waals surface area contributed by atoms with Crippen LogP contribution in [0.3, 0.4) is 0 Å². The highest BCUT2D eigenvalue weighted by atomic mass is 16.1. The van der Waals surface area contributed by atoms with Crippen LogP contribution < -0.4 is 16.4 Å². The fourth-order valence-electron chi connectivity index (χ4n) is 1.93. The number of hydrogen-bond donors (Lipinski definition) is 2. The van der Waals surface area contributed by atoms with Crippen LogP contribution in [0.4, 0.5) is 11.5 Å². The first kappa shape index (κ1) is 10.7. The summed E-state index contributed by atoms with van der Waals surface area (Å²) in [6.45, 7) is 3.43. The van der Waals surface area contributed by atoms with Gasteiger partial charge in [0.2, 0.25) is 5.91 Å². The summed E-state index contributed by atoms with van der Waals surface area (Å²) in [6.07, 6.45) is 2.46. The molecule has 1 saturated heterocycles. The second-order valence-corrected chi connectivity index (χ2v) is 4.23. The van der Waals surface area contributed by atoms with Gasteiger partial charge >= 0.3 is 0 Å². The van der Waals surface area contributed by atoms with Gasteiger partial charge in [-0.1, -0.05) is 0 Å². The molecule has 16 heavy (non-hydrogen) atoms. The molecule has 0 spiro atoms. The Kier molecular flexibility index (Phi) is 2.68. The van der Waals surface area contributed by atoms with Crippen LogP contribution in [0.15, 0.2) is 12.3 Å². The number of nitrogen functional groups attached to an aromatic ring is 1. The Labute approximate surface area is 94.4 Å². The average molecular weight is 220 g/mol. The molecule has 1 atom stereocenters. The number of aryl methyl sites for hydroxylation is 1. The summed E-state index contributed by atoms with van der Waals surface area (Å²) in [5, 5.41) is 0. The lowest BCUT2D eigenvalue weighted by molar-refractivity contribution is -0.121. The Morgan fingerprint density at radius 3 is 2.94 bits per heavy atom. The zero-order chi connectivity index (χ0) is 11.7. The van der Waals surface area contributed by atoms with E-state index in [9.17, 15) is 4.79 Å². The number of primary amides is 1. The molecule has 5 nitrogen and oxygen atoms in total. The molecular weight excluding hydrogens is 204 g/mol. The van der Waals surface area contributed by atoms with Crippen LogP contribution in [-0.4, -0.2) is 24.0 Å². The predicted octanol–water partition coefficient (Wildman–Crippen LogP) is 0.284. The molecule has 5 heteroatoms. The summed E-state index contributed by atoms with van der Waals surface area (Å²) in [5.41, 5.74) is 12.7. The standard InChI is InChI=1S/C11H16N4O/c1-7-4-10(14-5-9(7)12)15-3-2-8(6-15)11(13)16/h4-5,8H,2-3,6,12H2,1H3,(H2,13,16). The number of amides is 1. The molecule has 0 radical (unpaired) electrons. The maximum atomic E-state index is 11.1. The highest BCUT2D eigenvalue weighted by Crippen LogP contribution is 2.23. The molecule has 0 aliphatic carbocycles. The molecular formula is C11H16N4O. The number of hydrogen-bond acceptors (Lipinski definition) is 4. The molecule has 1 aliphatic heterocycles. The Morgan fingerprint density at radius 1 is 1.62 bits per heavy atom. The van der Waals surface area contributed by atoms with Crippen molar-refractivity contribution < 1.29 is 4.79 Å². The lowest BCUT2D eigenvalue weighted by Gasteiger charge is -2.17. The number of carbonyl (C=O) groups is 1. The van der Waals surface area contributed by atoms with E-state index in [1.54, 1.807) is 6.20 Å². The van der Waals surface area contributed by atoms with Gasteiger partial charge in [-0.15, -0.1) is 0 Å². The summed E-state index contributed by atoms with van der Waals surface area (Å²) < 4.78 is 0. The van der Waals surface area contributed by atoms with E-state index < -0.39 is 0 Å². The maximum Gasteiger partial charge on any atom is 0.222 e. The quantitative estimate of drug-likeness (QED) is 0.749. The molecule has 0 bridgehead atoms. The van der Waals surface area contributed by atoms with Gasteiger partial charge in [-0.3, -0.25) is 4.79 Å². The average Bonchev–Trinajstić information content (AvgIpc) is 2.71. The fourth-order valence-corrected chi connectivity index (χ4v) is 1.93. The summed E-state index contributed by atoms with van der Waals surface area (Å²) in [7, 11) is 0. The molecule has 1 amide bonds. The van der Waals surface area contributed by atoms with Gasteiger partial charge in [0.05, 0.1) is 17.8 Å². The molecule has 1 aromatic rings. The molecule has 1 unspecified atom stereocenters. The van der Waals surface area contributed by atoms with E-state index in [2.05, 4.69) is 9.88 Å². The van der Waals surface area contributed by atoms with E-state index in [4.69, 9.17) is 11.5 Å². The van der Waals surface area contributed by atoms with Crippen LogP contribution in [0.2, 0.25) is 0 Å². The molecule has 2 heterocycles. The summed E-state index contributed by atoms with van der Waals surface area (Å²) in [5.74, 6) is 0.588. The third-order valence-corrected chi connectivity index (χ3v) is 3.05. The third kappa shape index (κ3) is 1.93. The second-order valence-electron chi connectivity index (χ2n) is 4.23. The zero-order valence-electron chi connectivity index (χ0n) is 9.31. The molecule has 1 aromatic heterocycles. The van der Waals surface area contributed by atoms with Gasteiger partial charge in [-0.25, -0.2) is 4.98 Å². The molecule has 86 valence electrons. The molecule has 1 fully saturated rings. The Morgan fingerprint density at radius 2 is 2.38 bits per heavy atom. The molecule has 4 N–H and O–H groups in total. The number of nitrogens with zero attached hydrogens (tertiary/aromatic N) is 2. The van der Waals surface area contributed by atoms with E-state index in [1.165, 1.54) is 0 Å². The number of rotatable bonds is 2. The number of anilines is 2. The highest BCUT2D eigenvalue weighted by Gasteiger charge is 2.27. The molecule has 0 saturated carbocycles. The summed E-state index contributed by atoms with van der Waals surface area (Å²) >= 11 is 0. The van der Waals surface area contributed by atoms with Crippen molar-refractivity contribution in [2.75, 3.05) is 23.7 Å². The smallest absolute Gasteiger partial charge is 0.222 e. The van der Waals surface area contributed by atoms with Crippen LogP contribution in [0, 0.1) is 12.8 Å². The van der Waals surface area contributed by atoms with Crippen LogP contribution in [-0.2, 0) is 4.79 Å². The number of carbonyl (C=O) groups excluding carboxylic acids is 1. The van der Waals surface area contributed by atoms with Gasteiger partial charge in [0.1, 0.15) is 5.82 Å². The maximum absolute atomic E-state index is 11.1. The van der Waals surface area contributed by atoms with Gasteiger partial charge in [-0.05, 0) is 25.0 Å². The largest absolute Gasteiger partial charge is 0.397 e. The molecule has 1 aliphatic rings. The summed E-state index contributed by atoms with van der Waals surface area (Å²) in [6, 6.07) is 1.94. The van der Waals surface area contributed by atoms with Gasteiger partial charge in [0.25, 0.3) is 0 Å². The van der Waals surface area contributed by atoms with Crippen molar-refractivity contribution in [1.82, 2.24) is 4.98 Å². The third-order valence-electron chi connectivity index (χ3n) is 3.05. The van der Waals surface area contributed by atoms with Crippen LogP contribution in [0.5, 0.6) is 0 Å². The number of aromatic nitrogens is 1. The van der Waals surface area contributed by atoms with Crippen molar-refractivity contribution in [2.45, 2.75) is 13.3 Å². The molecule has 2 rings (SSSR count). The lowest BCUT2D eigenvalue weighted by atomic mass is 10.1. The summed E-state index contributed by atoms with van der Waals surface area (Å²) in [4.78, 5) is 17.4. The van der Waals surface area contributed by atoms with E-state index in [1.807, 2.05) is 13.0 Å². The topological polar surface area (TPSA) is 85.2 Å². The first-order valence-electron chi connectivity index (χ1n) is 5.34. The Bertz CT molecular complexity index is 418. The van der Waals surface area contributed by atoms with Gasteiger partial charge in [0, 0.05) is 13.1 Å². The van der Waals surface area contributed by atoms with Crippen molar-refractivity contribution >= 4 is 17.4 Å². The van der Waals surface area contributed by atoms with Crippen molar-refractivity contribution in [2.24, 2.45) is 11.7 Å². The SMILES string of the molecule is Cc1cc(N2CCC(C(N)=O)C2)ncc1N. The van der Waals surface area contributed by atoms with E-state index in [0.29, 0.717) is 12.2 Å². The normalized spacial score (nSPS) is 20.1. The number of nitrogens with two attached hydrogens (primary N) is 2. The predicted molar refractivity (Wildman–Crippen MR) is 62.9 cm³/mol. The lowest BCUT2D eigenvalue weighted by Crippen LogP contribution is -2.27. The van der Waals surface area contributed by atoms with Crippen molar-refractivity contribution in [3.63, 3.8) is 0 Å². The fraction of sp³-hybridized carbons (Fsp3) is 0.455. The van der Waals surface area contributed by atoms with E-state index >= 15 is 0 Å². The van der Waals surface area contributed by atoms with Crippen molar-refractivity contribution in [3.05, 3.63) is 17.8 Å². The van der Waals surface area contributed by atoms with Gasteiger partial charge < -0.3 is 16.4 Å². The minimum Gasteiger partial charge on any atom is -0.397 e. The van der Waals surface area contributed by atoms with E-state index in [-0.39, 0.29) is 11.8 Å². The minimum absolute atomic E-state index is 0.0559.